The van der Waals surface area contributed by atoms with Crippen LogP contribution in [0.25, 0.3) is 0 Å². The van der Waals surface area contributed by atoms with Gasteiger partial charge in [-0.2, -0.15) is 0 Å². The first-order chi connectivity index (χ1) is 10.1. The fraction of sp³-hybridized carbons (Fsp3) is 0.647. The van der Waals surface area contributed by atoms with Crippen LogP contribution in [-0.4, -0.2) is 20.8 Å². The van der Waals surface area contributed by atoms with Gasteiger partial charge in [-0.05, 0) is 24.7 Å². The molecule has 1 fully saturated rings. The summed E-state index contributed by atoms with van der Waals surface area (Å²) >= 11 is 0. The van der Waals surface area contributed by atoms with Crippen LogP contribution in [0.3, 0.4) is 0 Å². The third kappa shape index (κ3) is 4.19. The maximum atomic E-state index is 6.06. The third-order valence-electron chi connectivity index (χ3n) is 4.47. The van der Waals surface area contributed by atoms with Crippen molar-refractivity contribution in [3.05, 3.63) is 12.1 Å². The van der Waals surface area contributed by atoms with Crippen LogP contribution in [0.2, 0.25) is 0 Å². The fourth-order valence-corrected chi connectivity index (χ4v) is 3.28. The number of anilines is 2. The molecule has 4 heteroatoms. The number of hydrogen-bond donors (Lipinski definition) is 2. The zero-order valence-electron chi connectivity index (χ0n) is 13.4. The van der Waals surface area contributed by atoms with Gasteiger partial charge in [0.1, 0.15) is 0 Å². The molecule has 1 aromatic carbocycles. The van der Waals surface area contributed by atoms with E-state index in [2.05, 4.69) is 12.2 Å². The first-order valence-corrected chi connectivity index (χ1v) is 7.89. The van der Waals surface area contributed by atoms with E-state index in [1.165, 1.54) is 32.1 Å². The molecule has 0 aromatic heterocycles. The molecule has 2 atom stereocenters. The minimum Gasteiger partial charge on any atom is -0.493 e. The molecule has 0 heterocycles. The second-order valence-corrected chi connectivity index (χ2v) is 6.15. The van der Waals surface area contributed by atoms with Crippen LogP contribution >= 0.6 is 0 Å². The molecular weight excluding hydrogens is 264 g/mol. The Morgan fingerprint density at radius 1 is 1.19 bits per heavy atom. The van der Waals surface area contributed by atoms with Gasteiger partial charge < -0.3 is 20.5 Å². The number of ether oxygens (including phenoxy) is 2. The summed E-state index contributed by atoms with van der Waals surface area (Å²) in [6, 6.07) is 3.72. The van der Waals surface area contributed by atoms with E-state index in [0.29, 0.717) is 17.2 Å². The maximum absolute atomic E-state index is 6.06. The number of nitrogen functional groups attached to an aromatic ring is 1. The average Bonchev–Trinajstić information content (AvgIpc) is 2.48. The second kappa shape index (κ2) is 7.43. The van der Waals surface area contributed by atoms with Crippen molar-refractivity contribution in [2.24, 2.45) is 11.8 Å². The van der Waals surface area contributed by atoms with E-state index in [1.807, 2.05) is 12.1 Å². The van der Waals surface area contributed by atoms with Crippen LogP contribution < -0.4 is 20.5 Å². The number of nitrogens with one attached hydrogen (secondary N) is 1. The van der Waals surface area contributed by atoms with Gasteiger partial charge in [0.15, 0.2) is 11.5 Å². The highest BCUT2D eigenvalue weighted by atomic mass is 16.5. The van der Waals surface area contributed by atoms with Crippen molar-refractivity contribution in [2.45, 2.75) is 39.0 Å². The van der Waals surface area contributed by atoms with Crippen molar-refractivity contribution >= 4 is 11.4 Å². The predicted octanol–water partition coefficient (Wildman–Crippen LogP) is 3.91. The molecule has 0 saturated heterocycles. The molecule has 2 rings (SSSR count). The van der Waals surface area contributed by atoms with Gasteiger partial charge in [-0.25, -0.2) is 0 Å². The van der Waals surface area contributed by atoms with E-state index in [4.69, 9.17) is 15.2 Å². The third-order valence-corrected chi connectivity index (χ3v) is 4.47. The molecular formula is C17H28N2O2. The summed E-state index contributed by atoms with van der Waals surface area (Å²) in [5.41, 5.74) is 7.69. The second-order valence-electron chi connectivity index (χ2n) is 6.15. The Morgan fingerprint density at radius 3 is 2.57 bits per heavy atom. The molecule has 0 bridgehead atoms. The fourth-order valence-electron chi connectivity index (χ4n) is 3.28. The van der Waals surface area contributed by atoms with Gasteiger partial charge in [-0.3, -0.25) is 0 Å². The predicted molar refractivity (Wildman–Crippen MR) is 88.2 cm³/mol. The van der Waals surface area contributed by atoms with Gasteiger partial charge in [0.25, 0.3) is 0 Å². The SMILES string of the molecule is COc1cc(N)c(NCCC2CCCC(C)C2)cc1OC. The summed E-state index contributed by atoms with van der Waals surface area (Å²) in [5.74, 6) is 3.11. The van der Waals surface area contributed by atoms with E-state index in [1.54, 1.807) is 14.2 Å². The van der Waals surface area contributed by atoms with Gasteiger partial charge in [-0.15, -0.1) is 0 Å². The minimum absolute atomic E-state index is 0.668. The minimum atomic E-state index is 0.668. The van der Waals surface area contributed by atoms with E-state index < -0.39 is 0 Å². The summed E-state index contributed by atoms with van der Waals surface area (Å²) in [4.78, 5) is 0. The lowest BCUT2D eigenvalue weighted by molar-refractivity contribution is 0.274. The first-order valence-electron chi connectivity index (χ1n) is 7.89. The molecule has 21 heavy (non-hydrogen) atoms. The van der Waals surface area contributed by atoms with Crippen LogP contribution in [0.4, 0.5) is 11.4 Å². The zero-order chi connectivity index (χ0) is 15.2. The molecule has 0 amide bonds. The Labute approximate surface area is 128 Å². The molecule has 3 N–H and O–H groups in total. The quantitative estimate of drug-likeness (QED) is 0.780. The molecule has 118 valence electrons. The van der Waals surface area contributed by atoms with E-state index in [-0.39, 0.29) is 0 Å². The van der Waals surface area contributed by atoms with Crippen molar-refractivity contribution in [2.75, 3.05) is 31.8 Å². The molecule has 0 radical (unpaired) electrons. The highest BCUT2D eigenvalue weighted by Crippen LogP contribution is 2.35. The van der Waals surface area contributed by atoms with Crippen LogP contribution in [0.5, 0.6) is 11.5 Å². The Bertz CT molecular complexity index is 462. The number of methoxy groups -OCH3 is 2. The highest BCUT2D eigenvalue weighted by Gasteiger charge is 2.18. The number of nitrogens with two attached hydrogens (primary N) is 1. The van der Waals surface area contributed by atoms with Gasteiger partial charge in [0, 0.05) is 18.7 Å². The lowest BCUT2D eigenvalue weighted by Crippen LogP contribution is -2.17. The van der Waals surface area contributed by atoms with Crippen molar-refractivity contribution in [1.29, 1.82) is 0 Å². The van der Waals surface area contributed by atoms with E-state index in [9.17, 15) is 0 Å². The molecule has 1 aliphatic carbocycles. The largest absolute Gasteiger partial charge is 0.493 e. The van der Waals surface area contributed by atoms with Crippen molar-refractivity contribution in [3.63, 3.8) is 0 Å². The van der Waals surface area contributed by atoms with Gasteiger partial charge >= 0.3 is 0 Å². The summed E-state index contributed by atoms with van der Waals surface area (Å²) in [5, 5.41) is 3.44. The summed E-state index contributed by atoms with van der Waals surface area (Å²) in [6.45, 7) is 3.32. The highest BCUT2D eigenvalue weighted by molar-refractivity contribution is 5.72. The molecule has 0 spiro atoms. The van der Waals surface area contributed by atoms with Gasteiger partial charge in [-0.1, -0.05) is 26.2 Å². The first kappa shape index (κ1) is 15.8. The van der Waals surface area contributed by atoms with Crippen LogP contribution in [-0.2, 0) is 0 Å². The van der Waals surface area contributed by atoms with Crippen molar-refractivity contribution in [3.8, 4) is 11.5 Å². The van der Waals surface area contributed by atoms with Crippen LogP contribution in [0.15, 0.2) is 12.1 Å². The standard InChI is InChI=1S/C17H28N2O2/c1-12-5-4-6-13(9-12)7-8-19-15-11-17(21-3)16(20-2)10-14(15)18/h10-13,19H,4-9,18H2,1-3H3. The number of hydrogen-bond acceptors (Lipinski definition) is 4. The Hall–Kier alpha value is -1.58. The lowest BCUT2D eigenvalue weighted by atomic mass is 9.81. The topological polar surface area (TPSA) is 56.5 Å². The van der Waals surface area contributed by atoms with E-state index >= 15 is 0 Å². The number of benzene rings is 1. The molecule has 1 aromatic rings. The van der Waals surface area contributed by atoms with Gasteiger partial charge in [0.05, 0.1) is 25.6 Å². The molecule has 2 unspecified atom stereocenters. The Balaban J connectivity index is 1.90. The van der Waals surface area contributed by atoms with Gasteiger partial charge in [0.2, 0.25) is 0 Å². The molecule has 1 aliphatic rings. The van der Waals surface area contributed by atoms with Crippen molar-refractivity contribution in [1.82, 2.24) is 0 Å². The Kier molecular flexibility index (Phi) is 5.59. The molecule has 0 aliphatic heterocycles. The van der Waals surface area contributed by atoms with Crippen molar-refractivity contribution < 1.29 is 9.47 Å². The Morgan fingerprint density at radius 2 is 1.90 bits per heavy atom. The monoisotopic (exact) mass is 292 g/mol. The molecule has 1 saturated carbocycles. The zero-order valence-corrected chi connectivity index (χ0v) is 13.4. The normalized spacial score (nSPS) is 21.9. The summed E-state index contributed by atoms with van der Waals surface area (Å²) in [6.07, 6.45) is 6.71. The van der Waals surface area contributed by atoms with E-state index in [0.717, 1.165) is 24.1 Å². The maximum Gasteiger partial charge on any atom is 0.162 e. The average molecular weight is 292 g/mol. The lowest BCUT2D eigenvalue weighted by Gasteiger charge is -2.27. The number of rotatable bonds is 6. The summed E-state index contributed by atoms with van der Waals surface area (Å²) < 4.78 is 10.6. The van der Waals surface area contributed by atoms with Crippen LogP contribution in [0, 0.1) is 11.8 Å². The molecule has 4 nitrogen and oxygen atoms in total. The summed E-state index contributed by atoms with van der Waals surface area (Å²) in [7, 11) is 3.26. The smallest absolute Gasteiger partial charge is 0.162 e. The van der Waals surface area contributed by atoms with Crippen LogP contribution in [0.1, 0.15) is 39.0 Å².